The molecule has 0 aliphatic carbocycles. The highest BCUT2D eigenvalue weighted by atomic mass is 16.7. The van der Waals surface area contributed by atoms with Gasteiger partial charge in [-0.1, -0.05) is 19.8 Å². The first-order chi connectivity index (χ1) is 8.15. The van der Waals surface area contributed by atoms with E-state index in [0.29, 0.717) is 13.0 Å². The average molecular weight is 246 g/mol. The third-order valence-electron chi connectivity index (χ3n) is 2.19. The van der Waals surface area contributed by atoms with Crippen molar-refractivity contribution < 1.29 is 23.8 Å². The van der Waals surface area contributed by atoms with Crippen molar-refractivity contribution in [1.29, 1.82) is 0 Å². The van der Waals surface area contributed by atoms with Crippen LogP contribution in [0, 0.1) is 5.92 Å². The molecule has 0 saturated carbocycles. The van der Waals surface area contributed by atoms with E-state index in [4.69, 9.17) is 9.47 Å². The Balaban J connectivity index is 4.08. The lowest BCUT2D eigenvalue weighted by Crippen LogP contribution is -2.24. The van der Waals surface area contributed by atoms with Gasteiger partial charge in [0.25, 0.3) is 0 Å². The molecule has 0 aromatic rings. The second-order valence-electron chi connectivity index (χ2n) is 3.59. The second kappa shape index (κ2) is 9.93. The van der Waals surface area contributed by atoms with E-state index in [1.54, 1.807) is 13.8 Å². The van der Waals surface area contributed by atoms with Gasteiger partial charge >= 0.3 is 12.1 Å². The summed E-state index contributed by atoms with van der Waals surface area (Å²) in [6, 6.07) is 0. The first-order valence-electron chi connectivity index (χ1n) is 6.11. The molecular formula is C12H22O5. The first-order valence-corrected chi connectivity index (χ1v) is 6.11. The standard InChI is InChI=1S/C12H22O5/c1-4-7-8-10(11(13)15-5-2)9-17-12(14)16-6-3/h10H,4-9H2,1-3H3. The molecule has 1 atom stereocenters. The van der Waals surface area contributed by atoms with E-state index in [-0.39, 0.29) is 25.1 Å². The highest BCUT2D eigenvalue weighted by Gasteiger charge is 2.21. The number of unbranched alkanes of at least 4 members (excludes halogenated alkanes) is 1. The average Bonchev–Trinajstić information content (AvgIpc) is 2.29. The fourth-order valence-corrected chi connectivity index (χ4v) is 1.31. The molecule has 0 fully saturated rings. The topological polar surface area (TPSA) is 61.8 Å². The van der Waals surface area contributed by atoms with Gasteiger partial charge in [-0.3, -0.25) is 4.79 Å². The number of rotatable bonds is 8. The van der Waals surface area contributed by atoms with Crippen molar-refractivity contribution in [2.24, 2.45) is 5.92 Å². The number of hydrogen-bond donors (Lipinski definition) is 0. The molecule has 0 heterocycles. The minimum atomic E-state index is -0.738. The van der Waals surface area contributed by atoms with Crippen molar-refractivity contribution in [2.75, 3.05) is 19.8 Å². The SMILES string of the molecule is CCCCC(COC(=O)OCC)C(=O)OCC. The smallest absolute Gasteiger partial charge is 0.466 e. The summed E-state index contributed by atoms with van der Waals surface area (Å²) < 4.78 is 14.4. The van der Waals surface area contributed by atoms with Gasteiger partial charge in [-0.2, -0.15) is 0 Å². The molecule has 5 heteroatoms. The zero-order valence-corrected chi connectivity index (χ0v) is 10.9. The summed E-state index contributed by atoms with van der Waals surface area (Å²) in [6.45, 7) is 6.10. The lowest BCUT2D eigenvalue weighted by molar-refractivity contribution is -0.149. The molecule has 0 bridgehead atoms. The number of carbonyl (C=O) groups is 2. The zero-order chi connectivity index (χ0) is 13.1. The number of carbonyl (C=O) groups excluding carboxylic acids is 2. The third kappa shape index (κ3) is 7.60. The van der Waals surface area contributed by atoms with Crippen LogP contribution >= 0.6 is 0 Å². The van der Waals surface area contributed by atoms with Crippen molar-refractivity contribution in [2.45, 2.75) is 40.0 Å². The summed E-state index contributed by atoms with van der Waals surface area (Å²) >= 11 is 0. The van der Waals surface area contributed by atoms with Gasteiger partial charge < -0.3 is 14.2 Å². The molecule has 0 saturated heterocycles. The van der Waals surface area contributed by atoms with Crippen LogP contribution in [0.15, 0.2) is 0 Å². The van der Waals surface area contributed by atoms with Crippen molar-refractivity contribution >= 4 is 12.1 Å². The summed E-state index contributed by atoms with van der Waals surface area (Å²) in [4.78, 5) is 22.6. The molecular weight excluding hydrogens is 224 g/mol. The number of ether oxygens (including phenoxy) is 3. The van der Waals surface area contributed by atoms with Crippen LogP contribution in [-0.2, 0) is 19.0 Å². The molecule has 0 rings (SSSR count). The summed E-state index contributed by atoms with van der Waals surface area (Å²) in [5.74, 6) is -0.704. The highest BCUT2D eigenvalue weighted by molar-refractivity contribution is 5.73. The predicted octanol–water partition coefficient (Wildman–Crippen LogP) is 2.53. The van der Waals surface area contributed by atoms with Crippen LogP contribution in [0.4, 0.5) is 4.79 Å². The van der Waals surface area contributed by atoms with E-state index in [1.165, 1.54) is 0 Å². The third-order valence-corrected chi connectivity index (χ3v) is 2.19. The molecule has 0 aliphatic heterocycles. The van der Waals surface area contributed by atoms with Gasteiger partial charge in [0.1, 0.15) is 6.61 Å². The van der Waals surface area contributed by atoms with Crippen LogP contribution in [0.2, 0.25) is 0 Å². The Morgan fingerprint density at radius 2 is 1.65 bits per heavy atom. The maximum Gasteiger partial charge on any atom is 0.508 e. The Hall–Kier alpha value is -1.26. The van der Waals surface area contributed by atoms with Crippen LogP contribution in [0.5, 0.6) is 0 Å². The fourth-order valence-electron chi connectivity index (χ4n) is 1.31. The van der Waals surface area contributed by atoms with Gasteiger partial charge in [0.05, 0.1) is 19.1 Å². The van der Waals surface area contributed by atoms with Crippen LogP contribution in [0.25, 0.3) is 0 Å². The van der Waals surface area contributed by atoms with Gasteiger partial charge in [0.2, 0.25) is 0 Å². The van der Waals surface area contributed by atoms with E-state index in [1.807, 2.05) is 6.92 Å². The zero-order valence-electron chi connectivity index (χ0n) is 10.9. The summed E-state index contributed by atoms with van der Waals surface area (Å²) in [6.07, 6.45) is 1.80. The van der Waals surface area contributed by atoms with Crippen LogP contribution in [-0.4, -0.2) is 31.9 Å². The van der Waals surface area contributed by atoms with Gasteiger partial charge in [0, 0.05) is 0 Å². The van der Waals surface area contributed by atoms with Gasteiger partial charge in [-0.25, -0.2) is 4.79 Å². The number of esters is 1. The molecule has 0 spiro atoms. The molecule has 0 N–H and O–H groups in total. The van der Waals surface area contributed by atoms with Gasteiger partial charge in [-0.15, -0.1) is 0 Å². The molecule has 1 unspecified atom stereocenters. The van der Waals surface area contributed by atoms with E-state index in [0.717, 1.165) is 12.8 Å². The predicted molar refractivity (Wildman–Crippen MR) is 62.6 cm³/mol. The van der Waals surface area contributed by atoms with Gasteiger partial charge in [-0.05, 0) is 20.3 Å². The minimum absolute atomic E-state index is 0.0255. The molecule has 5 nitrogen and oxygen atoms in total. The normalized spacial score (nSPS) is 11.7. The largest absolute Gasteiger partial charge is 0.508 e. The lowest BCUT2D eigenvalue weighted by atomic mass is 10.0. The Morgan fingerprint density at radius 3 is 2.18 bits per heavy atom. The summed E-state index contributed by atoms with van der Waals surface area (Å²) in [5, 5.41) is 0. The lowest BCUT2D eigenvalue weighted by Gasteiger charge is -2.14. The minimum Gasteiger partial charge on any atom is -0.466 e. The molecule has 100 valence electrons. The maximum atomic E-state index is 11.6. The highest BCUT2D eigenvalue weighted by Crippen LogP contribution is 2.11. The van der Waals surface area contributed by atoms with Crippen molar-refractivity contribution in [3.05, 3.63) is 0 Å². The molecule has 17 heavy (non-hydrogen) atoms. The Kier molecular flexibility index (Phi) is 9.19. The molecule has 0 radical (unpaired) electrons. The molecule has 0 amide bonds. The summed E-state index contributed by atoms with van der Waals surface area (Å²) in [5.41, 5.74) is 0. The van der Waals surface area contributed by atoms with Crippen LogP contribution in [0.1, 0.15) is 40.0 Å². The second-order valence-corrected chi connectivity index (χ2v) is 3.59. The monoisotopic (exact) mass is 246 g/mol. The van der Waals surface area contributed by atoms with E-state index in [9.17, 15) is 9.59 Å². The molecule has 0 aliphatic rings. The van der Waals surface area contributed by atoms with Crippen molar-refractivity contribution in [3.8, 4) is 0 Å². The van der Waals surface area contributed by atoms with Crippen molar-refractivity contribution in [1.82, 2.24) is 0 Å². The van der Waals surface area contributed by atoms with E-state index >= 15 is 0 Å². The Morgan fingerprint density at radius 1 is 1.00 bits per heavy atom. The van der Waals surface area contributed by atoms with Crippen molar-refractivity contribution in [3.63, 3.8) is 0 Å². The molecule has 0 aromatic heterocycles. The molecule has 0 aromatic carbocycles. The number of hydrogen-bond acceptors (Lipinski definition) is 5. The van der Waals surface area contributed by atoms with E-state index < -0.39 is 6.16 Å². The fraction of sp³-hybridized carbons (Fsp3) is 0.833. The van der Waals surface area contributed by atoms with Crippen LogP contribution < -0.4 is 0 Å². The Bertz CT molecular complexity index is 227. The first kappa shape index (κ1) is 15.7. The summed E-state index contributed by atoms with van der Waals surface area (Å²) in [7, 11) is 0. The van der Waals surface area contributed by atoms with Gasteiger partial charge in [0.15, 0.2) is 0 Å². The maximum absolute atomic E-state index is 11.6. The quantitative estimate of drug-likeness (QED) is 0.616. The Labute approximate surface area is 102 Å². The van der Waals surface area contributed by atoms with E-state index in [2.05, 4.69) is 4.74 Å². The van der Waals surface area contributed by atoms with Crippen LogP contribution in [0.3, 0.4) is 0 Å².